The van der Waals surface area contributed by atoms with Crippen LogP contribution in [-0.4, -0.2) is 42.7 Å². The molecule has 1 fully saturated rings. The van der Waals surface area contributed by atoms with E-state index in [2.05, 4.69) is 5.32 Å². The van der Waals surface area contributed by atoms with Crippen LogP contribution in [0.2, 0.25) is 0 Å². The van der Waals surface area contributed by atoms with E-state index in [1.54, 1.807) is 24.3 Å². The Labute approximate surface area is 163 Å². The molecule has 1 aliphatic rings. The monoisotopic (exact) mass is 403 g/mol. The SMILES string of the molecule is Cc1ccc(S(=O)(=O)N2CCC[C@H]2CNC(=O)c2cccc([N+](=O)[O-])c2)cc1. The van der Waals surface area contributed by atoms with Crippen molar-refractivity contribution in [3.8, 4) is 0 Å². The fourth-order valence-electron chi connectivity index (χ4n) is 3.25. The maximum atomic E-state index is 12.9. The first-order valence-corrected chi connectivity index (χ1v) is 10.3. The molecule has 148 valence electrons. The number of nitro benzene ring substituents is 1. The van der Waals surface area contributed by atoms with Crippen molar-refractivity contribution in [2.75, 3.05) is 13.1 Å². The molecule has 1 heterocycles. The van der Waals surface area contributed by atoms with Gasteiger partial charge in [0.25, 0.3) is 11.6 Å². The normalized spacial score (nSPS) is 17.4. The predicted molar refractivity (Wildman–Crippen MR) is 104 cm³/mol. The fourth-order valence-corrected chi connectivity index (χ4v) is 4.94. The number of rotatable bonds is 6. The number of aryl methyl sites for hydroxylation is 1. The van der Waals surface area contributed by atoms with Crippen LogP contribution >= 0.6 is 0 Å². The Bertz CT molecular complexity index is 989. The van der Waals surface area contributed by atoms with E-state index in [0.29, 0.717) is 19.4 Å². The summed E-state index contributed by atoms with van der Waals surface area (Å²) in [5.74, 6) is -0.469. The van der Waals surface area contributed by atoms with Gasteiger partial charge < -0.3 is 5.32 Å². The number of carbonyl (C=O) groups is 1. The zero-order valence-corrected chi connectivity index (χ0v) is 16.2. The van der Waals surface area contributed by atoms with Gasteiger partial charge in [-0.25, -0.2) is 8.42 Å². The molecule has 0 unspecified atom stereocenters. The summed E-state index contributed by atoms with van der Waals surface area (Å²) in [5.41, 5.74) is 0.971. The van der Waals surface area contributed by atoms with Crippen molar-refractivity contribution in [1.82, 2.24) is 9.62 Å². The molecule has 0 bridgehead atoms. The molecule has 0 aromatic heterocycles. The first-order chi connectivity index (χ1) is 13.3. The van der Waals surface area contributed by atoms with Gasteiger partial charge in [0.05, 0.1) is 9.82 Å². The number of nitro groups is 1. The molecule has 0 radical (unpaired) electrons. The van der Waals surface area contributed by atoms with Crippen LogP contribution in [0.15, 0.2) is 53.4 Å². The highest BCUT2D eigenvalue weighted by atomic mass is 32.2. The average Bonchev–Trinajstić information content (AvgIpc) is 3.16. The maximum absolute atomic E-state index is 12.9. The summed E-state index contributed by atoms with van der Waals surface area (Å²) < 4.78 is 27.3. The third-order valence-electron chi connectivity index (χ3n) is 4.77. The standard InChI is InChI=1S/C19H21N3O5S/c1-14-7-9-18(10-8-14)28(26,27)21-11-3-6-17(21)13-20-19(23)15-4-2-5-16(12-15)22(24)25/h2,4-5,7-10,12,17H,3,6,11,13H2,1H3,(H,20,23)/t17-/m0/s1. The molecule has 1 atom stereocenters. The Morgan fingerprint density at radius 2 is 1.96 bits per heavy atom. The van der Waals surface area contributed by atoms with Crippen molar-refractivity contribution < 1.29 is 18.1 Å². The summed E-state index contributed by atoms with van der Waals surface area (Å²) in [7, 11) is -3.64. The Hall–Kier alpha value is -2.78. The van der Waals surface area contributed by atoms with Crippen molar-refractivity contribution in [1.29, 1.82) is 0 Å². The van der Waals surface area contributed by atoms with Crippen LogP contribution in [0.3, 0.4) is 0 Å². The first kappa shape index (κ1) is 20.0. The summed E-state index contributed by atoms with van der Waals surface area (Å²) in [5, 5.41) is 13.6. The van der Waals surface area contributed by atoms with Gasteiger partial charge in [0, 0.05) is 36.8 Å². The lowest BCUT2D eigenvalue weighted by Crippen LogP contribution is -2.43. The smallest absolute Gasteiger partial charge is 0.270 e. The van der Waals surface area contributed by atoms with E-state index >= 15 is 0 Å². The number of amides is 1. The second kappa shape index (κ2) is 8.07. The fraction of sp³-hybridized carbons (Fsp3) is 0.316. The minimum absolute atomic E-state index is 0.145. The molecular weight excluding hydrogens is 382 g/mol. The van der Waals surface area contributed by atoms with E-state index in [-0.39, 0.29) is 28.7 Å². The summed E-state index contributed by atoms with van der Waals surface area (Å²) in [6, 6.07) is 11.8. The molecule has 1 amide bonds. The minimum atomic E-state index is -3.64. The van der Waals surface area contributed by atoms with Crippen molar-refractivity contribution in [3.05, 3.63) is 69.8 Å². The van der Waals surface area contributed by atoms with E-state index in [1.165, 1.54) is 28.6 Å². The molecule has 0 spiro atoms. The lowest BCUT2D eigenvalue weighted by Gasteiger charge is -2.24. The lowest BCUT2D eigenvalue weighted by molar-refractivity contribution is -0.384. The summed E-state index contributed by atoms with van der Waals surface area (Å²) in [4.78, 5) is 22.9. The topological polar surface area (TPSA) is 110 Å². The molecule has 28 heavy (non-hydrogen) atoms. The lowest BCUT2D eigenvalue weighted by atomic mass is 10.1. The highest BCUT2D eigenvalue weighted by Gasteiger charge is 2.35. The highest BCUT2D eigenvalue weighted by molar-refractivity contribution is 7.89. The zero-order chi connectivity index (χ0) is 20.3. The molecule has 2 aromatic rings. The Balaban J connectivity index is 1.70. The zero-order valence-electron chi connectivity index (χ0n) is 15.4. The number of non-ortho nitro benzene ring substituents is 1. The van der Waals surface area contributed by atoms with Crippen LogP contribution < -0.4 is 5.32 Å². The molecule has 1 aliphatic heterocycles. The average molecular weight is 403 g/mol. The molecule has 0 saturated carbocycles. The molecular formula is C19H21N3O5S. The van der Waals surface area contributed by atoms with Crippen LogP contribution in [0.1, 0.15) is 28.8 Å². The van der Waals surface area contributed by atoms with Crippen molar-refractivity contribution in [2.24, 2.45) is 0 Å². The Morgan fingerprint density at radius 3 is 2.64 bits per heavy atom. The van der Waals surface area contributed by atoms with Gasteiger partial charge in [-0.05, 0) is 38.0 Å². The number of carbonyl (C=O) groups excluding carboxylic acids is 1. The predicted octanol–water partition coefficient (Wildman–Crippen LogP) is 2.49. The van der Waals surface area contributed by atoms with E-state index < -0.39 is 20.9 Å². The molecule has 9 heteroatoms. The van der Waals surface area contributed by atoms with E-state index in [4.69, 9.17) is 0 Å². The minimum Gasteiger partial charge on any atom is -0.350 e. The third kappa shape index (κ3) is 4.20. The first-order valence-electron chi connectivity index (χ1n) is 8.90. The molecule has 8 nitrogen and oxygen atoms in total. The second-order valence-electron chi connectivity index (χ2n) is 6.74. The number of sulfonamides is 1. The van der Waals surface area contributed by atoms with Crippen LogP contribution in [0.5, 0.6) is 0 Å². The largest absolute Gasteiger partial charge is 0.350 e. The second-order valence-corrected chi connectivity index (χ2v) is 8.63. The van der Waals surface area contributed by atoms with Gasteiger partial charge in [0.2, 0.25) is 10.0 Å². The molecule has 2 aromatic carbocycles. The summed E-state index contributed by atoms with van der Waals surface area (Å²) in [6.45, 7) is 2.43. The van der Waals surface area contributed by atoms with Crippen molar-refractivity contribution in [2.45, 2.75) is 30.7 Å². The van der Waals surface area contributed by atoms with E-state index in [0.717, 1.165) is 5.56 Å². The maximum Gasteiger partial charge on any atom is 0.270 e. The Morgan fingerprint density at radius 1 is 1.25 bits per heavy atom. The quantitative estimate of drug-likeness (QED) is 0.589. The van der Waals surface area contributed by atoms with Gasteiger partial charge >= 0.3 is 0 Å². The van der Waals surface area contributed by atoms with Crippen molar-refractivity contribution >= 4 is 21.6 Å². The third-order valence-corrected chi connectivity index (χ3v) is 6.73. The van der Waals surface area contributed by atoms with Crippen LogP contribution in [0.25, 0.3) is 0 Å². The highest BCUT2D eigenvalue weighted by Crippen LogP contribution is 2.26. The number of hydrogen-bond donors (Lipinski definition) is 1. The molecule has 1 N–H and O–H groups in total. The number of nitrogens with one attached hydrogen (secondary N) is 1. The summed E-state index contributed by atoms with van der Waals surface area (Å²) >= 11 is 0. The van der Waals surface area contributed by atoms with Crippen LogP contribution in [-0.2, 0) is 10.0 Å². The number of nitrogens with zero attached hydrogens (tertiary/aromatic N) is 2. The van der Waals surface area contributed by atoms with Gasteiger partial charge in [0.1, 0.15) is 0 Å². The van der Waals surface area contributed by atoms with Crippen molar-refractivity contribution in [3.63, 3.8) is 0 Å². The van der Waals surface area contributed by atoms with Crippen LogP contribution in [0, 0.1) is 17.0 Å². The molecule has 3 rings (SSSR count). The van der Waals surface area contributed by atoms with Gasteiger partial charge in [-0.2, -0.15) is 4.31 Å². The summed E-state index contributed by atoms with van der Waals surface area (Å²) in [6.07, 6.45) is 1.35. The van der Waals surface area contributed by atoms with Gasteiger partial charge in [-0.3, -0.25) is 14.9 Å². The van der Waals surface area contributed by atoms with Gasteiger partial charge in [-0.1, -0.05) is 23.8 Å². The number of hydrogen-bond acceptors (Lipinski definition) is 5. The van der Waals surface area contributed by atoms with Crippen LogP contribution in [0.4, 0.5) is 5.69 Å². The van der Waals surface area contributed by atoms with E-state index in [9.17, 15) is 23.3 Å². The molecule has 1 saturated heterocycles. The number of benzene rings is 2. The van der Waals surface area contributed by atoms with Gasteiger partial charge in [-0.15, -0.1) is 0 Å². The molecule has 0 aliphatic carbocycles. The van der Waals surface area contributed by atoms with Gasteiger partial charge in [0.15, 0.2) is 0 Å². The Kier molecular flexibility index (Phi) is 5.76. The van der Waals surface area contributed by atoms with E-state index in [1.807, 2.05) is 6.92 Å².